The summed E-state index contributed by atoms with van der Waals surface area (Å²) in [4.78, 5) is 0.0691. The van der Waals surface area contributed by atoms with Crippen molar-refractivity contribution < 1.29 is 31.5 Å². The molecule has 0 aliphatic rings. The monoisotopic (exact) mass is 408 g/mol. The molecule has 0 unspecified atom stereocenters. The van der Waals surface area contributed by atoms with Crippen molar-refractivity contribution in [2.45, 2.75) is 44.6 Å². The van der Waals surface area contributed by atoms with Crippen LogP contribution < -0.4 is 0 Å². The first-order valence-electron chi connectivity index (χ1n) is 8.64. The standard InChI is InChI=1S/C17H29O7PS/c1-4-10-22-25(23-11-5-2)14-21-16(12-18)13-24-26(19,20)17-8-6-15(3)7-9-17/h6-9,16,18H,4-5,10-14H2,1-3H3/t16-/m0/s1. The number of aliphatic hydroxyl groups excluding tert-OH is 1. The lowest BCUT2D eigenvalue weighted by Gasteiger charge is -2.20. The van der Waals surface area contributed by atoms with Crippen LogP contribution in [0.15, 0.2) is 29.2 Å². The largest absolute Gasteiger partial charge is 0.394 e. The van der Waals surface area contributed by atoms with Crippen LogP contribution in [0.25, 0.3) is 0 Å². The van der Waals surface area contributed by atoms with Crippen LogP contribution in [-0.4, -0.2) is 52.4 Å². The van der Waals surface area contributed by atoms with Crippen LogP contribution in [0.4, 0.5) is 0 Å². The summed E-state index contributed by atoms with van der Waals surface area (Å²) in [5.74, 6) is 0. The quantitative estimate of drug-likeness (QED) is 0.373. The third-order valence-corrected chi connectivity index (χ3v) is 5.81. The molecule has 1 atom stereocenters. The summed E-state index contributed by atoms with van der Waals surface area (Å²) in [6, 6.07) is 6.35. The summed E-state index contributed by atoms with van der Waals surface area (Å²) < 4.78 is 46.1. The van der Waals surface area contributed by atoms with Crippen LogP contribution >= 0.6 is 8.38 Å². The number of rotatable bonds is 14. The SMILES string of the molecule is CCCOP(CO[C@@H](CO)COS(=O)(=O)c1ccc(C)cc1)OCCC. The van der Waals surface area contributed by atoms with Crippen molar-refractivity contribution in [3.05, 3.63) is 29.8 Å². The van der Waals surface area contributed by atoms with Crippen molar-refractivity contribution in [1.82, 2.24) is 0 Å². The van der Waals surface area contributed by atoms with Gasteiger partial charge < -0.3 is 18.9 Å². The van der Waals surface area contributed by atoms with E-state index in [0.717, 1.165) is 18.4 Å². The molecule has 0 radical (unpaired) electrons. The van der Waals surface area contributed by atoms with Gasteiger partial charge in [0.15, 0.2) is 8.38 Å². The Morgan fingerprint density at radius 3 is 2.15 bits per heavy atom. The van der Waals surface area contributed by atoms with E-state index in [1.165, 1.54) is 12.1 Å². The molecule has 0 aromatic heterocycles. The summed E-state index contributed by atoms with van der Waals surface area (Å²) in [6.07, 6.45) is 1.08. The number of ether oxygens (including phenoxy) is 1. The number of aryl methyl sites for hydroxylation is 1. The normalized spacial score (nSPS) is 13.3. The van der Waals surface area contributed by atoms with Crippen molar-refractivity contribution in [3.63, 3.8) is 0 Å². The molecule has 0 saturated heterocycles. The van der Waals surface area contributed by atoms with Gasteiger partial charge in [-0.05, 0) is 31.9 Å². The second kappa shape index (κ2) is 12.7. The van der Waals surface area contributed by atoms with Crippen molar-refractivity contribution in [2.24, 2.45) is 0 Å². The second-order valence-corrected chi connectivity index (χ2v) is 8.71. The fraction of sp³-hybridized carbons (Fsp3) is 0.647. The van der Waals surface area contributed by atoms with Crippen molar-refractivity contribution in [1.29, 1.82) is 0 Å². The second-order valence-electron chi connectivity index (χ2n) is 5.65. The Bertz CT molecular complexity index is 584. The molecule has 0 bridgehead atoms. The third-order valence-electron chi connectivity index (χ3n) is 3.22. The van der Waals surface area contributed by atoms with Gasteiger partial charge in [0, 0.05) is 0 Å². The molecule has 26 heavy (non-hydrogen) atoms. The lowest BCUT2D eigenvalue weighted by atomic mass is 10.2. The molecule has 1 N–H and O–H groups in total. The van der Waals surface area contributed by atoms with Crippen LogP contribution in [0.2, 0.25) is 0 Å². The summed E-state index contributed by atoms with van der Waals surface area (Å²) in [7, 11) is -5.13. The predicted molar refractivity (Wildman–Crippen MR) is 101 cm³/mol. The lowest BCUT2D eigenvalue weighted by molar-refractivity contribution is 0.00311. The van der Waals surface area contributed by atoms with Gasteiger partial charge in [-0.1, -0.05) is 31.5 Å². The highest BCUT2D eigenvalue weighted by molar-refractivity contribution is 7.86. The van der Waals surface area contributed by atoms with E-state index in [1.54, 1.807) is 12.1 Å². The molecule has 1 aromatic carbocycles. The van der Waals surface area contributed by atoms with Crippen molar-refractivity contribution >= 4 is 18.5 Å². The minimum Gasteiger partial charge on any atom is -0.394 e. The molecule has 0 fully saturated rings. The molecule has 0 aliphatic carbocycles. The highest BCUT2D eigenvalue weighted by Gasteiger charge is 2.20. The van der Waals surface area contributed by atoms with Gasteiger partial charge >= 0.3 is 0 Å². The molecule has 0 spiro atoms. The van der Waals surface area contributed by atoms with E-state index in [2.05, 4.69) is 0 Å². The van der Waals surface area contributed by atoms with Gasteiger partial charge in [-0.25, -0.2) is 0 Å². The average Bonchev–Trinajstić information content (AvgIpc) is 2.63. The van der Waals surface area contributed by atoms with E-state index in [1.807, 2.05) is 20.8 Å². The maximum absolute atomic E-state index is 12.2. The van der Waals surface area contributed by atoms with E-state index in [4.69, 9.17) is 18.0 Å². The molecule has 0 saturated carbocycles. The van der Waals surface area contributed by atoms with Crippen LogP contribution in [0.5, 0.6) is 0 Å². The van der Waals surface area contributed by atoms with Gasteiger partial charge in [-0.2, -0.15) is 8.42 Å². The molecule has 0 heterocycles. The molecule has 1 aromatic rings. The first-order chi connectivity index (χ1) is 12.4. The van der Waals surface area contributed by atoms with E-state index >= 15 is 0 Å². The number of benzene rings is 1. The number of aliphatic hydroxyl groups is 1. The van der Waals surface area contributed by atoms with Crippen LogP contribution in [0, 0.1) is 6.92 Å². The van der Waals surface area contributed by atoms with Crippen LogP contribution in [0.3, 0.4) is 0 Å². The van der Waals surface area contributed by atoms with Gasteiger partial charge in [0.2, 0.25) is 0 Å². The molecule has 0 aliphatic heterocycles. The Kier molecular flexibility index (Phi) is 11.5. The van der Waals surface area contributed by atoms with Crippen LogP contribution in [0.1, 0.15) is 32.3 Å². The Morgan fingerprint density at radius 1 is 1.08 bits per heavy atom. The Morgan fingerprint density at radius 2 is 1.65 bits per heavy atom. The zero-order valence-electron chi connectivity index (χ0n) is 15.6. The van der Waals surface area contributed by atoms with E-state index in [-0.39, 0.29) is 24.5 Å². The Hall–Kier alpha value is -0.600. The predicted octanol–water partition coefficient (Wildman–Crippen LogP) is 3.20. The fourth-order valence-corrected chi connectivity index (χ4v) is 4.02. The summed E-state index contributed by atoms with van der Waals surface area (Å²) >= 11 is 0. The zero-order chi connectivity index (χ0) is 19.4. The highest BCUT2D eigenvalue weighted by Crippen LogP contribution is 2.38. The maximum atomic E-state index is 12.2. The lowest BCUT2D eigenvalue weighted by Crippen LogP contribution is -2.26. The topological polar surface area (TPSA) is 91.3 Å². The molecule has 0 amide bonds. The van der Waals surface area contributed by atoms with Crippen molar-refractivity contribution in [3.8, 4) is 0 Å². The maximum Gasteiger partial charge on any atom is 0.297 e. The Balaban J connectivity index is 2.53. The number of hydrogen-bond acceptors (Lipinski definition) is 7. The third kappa shape index (κ3) is 8.86. The molecular formula is C17H29O7PS. The van der Waals surface area contributed by atoms with Gasteiger partial charge in [0.1, 0.15) is 12.5 Å². The van der Waals surface area contributed by atoms with E-state index in [9.17, 15) is 13.5 Å². The molecule has 1 rings (SSSR count). The highest BCUT2D eigenvalue weighted by atomic mass is 32.2. The fourth-order valence-electron chi connectivity index (χ4n) is 1.76. The zero-order valence-corrected chi connectivity index (χ0v) is 17.3. The van der Waals surface area contributed by atoms with E-state index in [0.29, 0.717) is 13.2 Å². The summed E-state index contributed by atoms with van der Waals surface area (Å²) in [6.45, 7) is 6.32. The minimum atomic E-state index is -3.90. The Labute approximate surface area is 157 Å². The van der Waals surface area contributed by atoms with Crippen molar-refractivity contribution in [2.75, 3.05) is 32.8 Å². The first-order valence-corrected chi connectivity index (χ1v) is 11.4. The molecular weight excluding hydrogens is 379 g/mol. The summed E-state index contributed by atoms with van der Waals surface area (Å²) in [5, 5.41) is 9.42. The summed E-state index contributed by atoms with van der Waals surface area (Å²) in [5.41, 5.74) is 0.952. The van der Waals surface area contributed by atoms with Crippen LogP contribution in [-0.2, 0) is 28.1 Å². The average molecular weight is 408 g/mol. The minimum absolute atomic E-state index is 0.0691. The first kappa shape index (κ1) is 23.4. The number of hydrogen-bond donors (Lipinski definition) is 1. The molecule has 7 nitrogen and oxygen atoms in total. The molecule has 9 heteroatoms. The van der Waals surface area contributed by atoms with E-state index < -0.39 is 24.6 Å². The van der Waals surface area contributed by atoms with Gasteiger partial charge in [-0.15, -0.1) is 0 Å². The van der Waals surface area contributed by atoms with Gasteiger partial charge in [-0.3, -0.25) is 4.18 Å². The van der Waals surface area contributed by atoms with Gasteiger partial charge in [0.05, 0.1) is 31.3 Å². The smallest absolute Gasteiger partial charge is 0.297 e. The molecule has 150 valence electrons. The van der Waals surface area contributed by atoms with Gasteiger partial charge in [0.25, 0.3) is 10.1 Å².